The second-order valence-corrected chi connectivity index (χ2v) is 5.70. The number of para-hydroxylation sites is 1. The zero-order chi connectivity index (χ0) is 14.4. The summed E-state index contributed by atoms with van der Waals surface area (Å²) in [5.74, 6) is -0.0796. The van der Waals surface area contributed by atoms with Gasteiger partial charge in [-0.15, -0.1) is 0 Å². The number of halogens is 2. The zero-order valence-corrected chi connectivity index (χ0v) is 12.9. The molecule has 0 aliphatic heterocycles. The van der Waals surface area contributed by atoms with Crippen LogP contribution in [0.5, 0.6) is 0 Å². The summed E-state index contributed by atoms with van der Waals surface area (Å²) in [6.45, 7) is 0. The van der Waals surface area contributed by atoms with Gasteiger partial charge in [0.15, 0.2) is 0 Å². The number of rotatable bonds is 3. The molecule has 0 spiro atoms. The Balaban J connectivity index is 2.26. The minimum Gasteiger partial charge on any atom is -0.481 e. The normalized spacial score (nSPS) is 11.6. The van der Waals surface area contributed by atoms with Gasteiger partial charge in [0.1, 0.15) is 10.1 Å². The molecule has 0 unspecified atom stereocenters. The number of fused-ring (bicyclic) bond motifs is 3. The highest BCUT2D eigenvalue weighted by Crippen LogP contribution is 2.30. The minimum atomic E-state index is -0.816. The van der Waals surface area contributed by atoms with E-state index in [0.717, 1.165) is 27.1 Å². The fourth-order valence-electron chi connectivity index (χ4n) is 2.36. The molecule has 0 radical (unpaired) electrons. The van der Waals surface area contributed by atoms with Crippen molar-refractivity contribution in [2.45, 2.75) is 12.8 Å². The lowest BCUT2D eigenvalue weighted by molar-refractivity contribution is -0.136. The van der Waals surface area contributed by atoms with E-state index in [9.17, 15) is 4.79 Å². The smallest absolute Gasteiger partial charge is 0.303 e. The van der Waals surface area contributed by atoms with Crippen molar-refractivity contribution in [1.82, 2.24) is 14.0 Å². The van der Waals surface area contributed by atoms with Gasteiger partial charge >= 0.3 is 5.97 Å². The lowest BCUT2D eigenvalue weighted by Crippen LogP contribution is -2.02. The maximum Gasteiger partial charge on any atom is 0.303 e. The SMILES string of the molecule is Cn1c(CCC(=O)O)c(Br)n2c3cccc(Cl)c3nc12. The van der Waals surface area contributed by atoms with Crippen molar-refractivity contribution in [3.05, 3.63) is 33.5 Å². The lowest BCUT2D eigenvalue weighted by Gasteiger charge is -2.01. The largest absolute Gasteiger partial charge is 0.481 e. The van der Waals surface area contributed by atoms with Crippen LogP contribution in [0.1, 0.15) is 12.1 Å². The van der Waals surface area contributed by atoms with Gasteiger partial charge in [-0.1, -0.05) is 17.7 Å². The van der Waals surface area contributed by atoms with Crippen LogP contribution in [0.25, 0.3) is 16.8 Å². The van der Waals surface area contributed by atoms with Gasteiger partial charge in [0.05, 0.1) is 22.7 Å². The van der Waals surface area contributed by atoms with Crippen molar-refractivity contribution in [2.75, 3.05) is 0 Å². The number of carboxylic acids is 1. The standard InChI is InChI=1S/C13H11BrClN3O2/c1-17-9(5-6-10(19)20)12(14)18-8-4-2-3-7(15)11(8)16-13(17)18/h2-4H,5-6H2,1H3,(H,19,20). The molecule has 0 fully saturated rings. The van der Waals surface area contributed by atoms with Gasteiger partial charge in [0.25, 0.3) is 0 Å². The van der Waals surface area contributed by atoms with Crippen molar-refractivity contribution in [3.63, 3.8) is 0 Å². The van der Waals surface area contributed by atoms with Gasteiger partial charge in [-0.2, -0.15) is 0 Å². The molecule has 20 heavy (non-hydrogen) atoms. The maximum absolute atomic E-state index is 10.7. The molecule has 0 saturated heterocycles. The highest BCUT2D eigenvalue weighted by molar-refractivity contribution is 9.10. The summed E-state index contributed by atoms with van der Waals surface area (Å²) in [5.41, 5.74) is 2.54. The highest BCUT2D eigenvalue weighted by atomic mass is 79.9. The molecule has 0 aliphatic carbocycles. The number of carboxylic acid groups (broad SMARTS) is 1. The van der Waals surface area contributed by atoms with Crippen LogP contribution in [-0.2, 0) is 18.3 Å². The topological polar surface area (TPSA) is 59.5 Å². The van der Waals surface area contributed by atoms with E-state index in [1.807, 2.05) is 28.1 Å². The van der Waals surface area contributed by atoms with Gasteiger partial charge in [-0.25, -0.2) is 4.98 Å². The van der Waals surface area contributed by atoms with Crippen LogP contribution in [0.3, 0.4) is 0 Å². The third kappa shape index (κ3) is 1.91. The molecular formula is C13H11BrClN3O2. The maximum atomic E-state index is 10.7. The fraction of sp³-hybridized carbons (Fsp3) is 0.231. The Morgan fingerprint density at radius 2 is 2.25 bits per heavy atom. The molecule has 5 nitrogen and oxygen atoms in total. The van der Waals surface area contributed by atoms with Gasteiger partial charge in [-0.3, -0.25) is 9.20 Å². The summed E-state index contributed by atoms with van der Waals surface area (Å²) in [4.78, 5) is 15.3. The second kappa shape index (κ2) is 4.79. The number of aryl methyl sites for hydroxylation is 1. The van der Waals surface area contributed by atoms with E-state index in [2.05, 4.69) is 20.9 Å². The number of carbonyl (C=O) groups is 1. The molecule has 2 heterocycles. The summed E-state index contributed by atoms with van der Waals surface area (Å²) in [6, 6.07) is 5.61. The molecule has 0 bridgehead atoms. The molecule has 0 saturated carbocycles. The van der Waals surface area contributed by atoms with Crippen LogP contribution in [-0.4, -0.2) is 25.0 Å². The van der Waals surface area contributed by atoms with Crippen molar-refractivity contribution >= 4 is 50.3 Å². The molecular weight excluding hydrogens is 346 g/mol. The van der Waals surface area contributed by atoms with Gasteiger partial charge in [0.2, 0.25) is 5.78 Å². The molecule has 0 amide bonds. The van der Waals surface area contributed by atoms with E-state index in [1.54, 1.807) is 6.07 Å². The Hall–Kier alpha value is -1.53. The van der Waals surface area contributed by atoms with Gasteiger partial charge < -0.3 is 9.67 Å². The Labute approximate surface area is 127 Å². The summed E-state index contributed by atoms with van der Waals surface area (Å²) in [7, 11) is 1.87. The fourth-order valence-corrected chi connectivity index (χ4v) is 3.38. The molecule has 3 aromatic rings. The monoisotopic (exact) mass is 355 g/mol. The first-order valence-electron chi connectivity index (χ1n) is 6.02. The average molecular weight is 357 g/mol. The number of benzene rings is 1. The van der Waals surface area contributed by atoms with E-state index >= 15 is 0 Å². The Morgan fingerprint density at radius 3 is 2.95 bits per heavy atom. The number of hydrogen-bond acceptors (Lipinski definition) is 2. The quantitative estimate of drug-likeness (QED) is 0.783. The molecule has 1 N–H and O–H groups in total. The van der Waals surface area contributed by atoms with E-state index in [-0.39, 0.29) is 6.42 Å². The highest BCUT2D eigenvalue weighted by Gasteiger charge is 2.19. The van der Waals surface area contributed by atoms with Crippen LogP contribution >= 0.6 is 27.5 Å². The number of aromatic nitrogens is 3. The molecule has 3 rings (SSSR count). The van der Waals surface area contributed by atoms with Crippen molar-refractivity contribution in [2.24, 2.45) is 7.05 Å². The molecule has 1 aromatic carbocycles. The van der Waals surface area contributed by atoms with E-state index in [0.29, 0.717) is 11.4 Å². The summed E-state index contributed by atoms with van der Waals surface area (Å²) < 4.78 is 4.66. The summed E-state index contributed by atoms with van der Waals surface area (Å²) in [5, 5.41) is 9.43. The molecule has 0 aliphatic rings. The van der Waals surface area contributed by atoms with Crippen LogP contribution in [0.4, 0.5) is 0 Å². The third-order valence-corrected chi connectivity index (χ3v) is 4.45. The first-order chi connectivity index (χ1) is 9.50. The van der Waals surface area contributed by atoms with Crippen LogP contribution in [0.2, 0.25) is 5.02 Å². The molecule has 7 heteroatoms. The lowest BCUT2D eigenvalue weighted by atomic mass is 10.2. The minimum absolute atomic E-state index is 0.0816. The van der Waals surface area contributed by atoms with Crippen LogP contribution in [0, 0.1) is 0 Å². The summed E-state index contributed by atoms with van der Waals surface area (Å²) >= 11 is 9.70. The number of hydrogen-bond donors (Lipinski definition) is 1. The van der Waals surface area contributed by atoms with Gasteiger partial charge in [-0.05, 0) is 28.1 Å². The van der Waals surface area contributed by atoms with Crippen LogP contribution < -0.4 is 0 Å². The first kappa shape index (κ1) is 13.5. The van der Waals surface area contributed by atoms with E-state index < -0.39 is 5.97 Å². The Kier molecular flexibility index (Phi) is 3.22. The van der Waals surface area contributed by atoms with Crippen molar-refractivity contribution in [3.8, 4) is 0 Å². The zero-order valence-electron chi connectivity index (χ0n) is 10.6. The predicted molar refractivity (Wildman–Crippen MR) is 80.3 cm³/mol. The average Bonchev–Trinajstić information content (AvgIpc) is 2.87. The van der Waals surface area contributed by atoms with Crippen LogP contribution in [0.15, 0.2) is 22.8 Å². The second-order valence-electron chi connectivity index (χ2n) is 4.55. The number of nitrogens with zero attached hydrogens (tertiary/aromatic N) is 3. The molecule has 104 valence electrons. The van der Waals surface area contributed by atoms with Crippen molar-refractivity contribution in [1.29, 1.82) is 0 Å². The molecule has 0 atom stereocenters. The number of aliphatic carboxylic acids is 1. The number of imidazole rings is 2. The third-order valence-electron chi connectivity index (χ3n) is 3.33. The van der Waals surface area contributed by atoms with Gasteiger partial charge in [0, 0.05) is 13.5 Å². The van der Waals surface area contributed by atoms with E-state index in [4.69, 9.17) is 16.7 Å². The summed E-state index contributed by atoms with van der Waals surface area (Å²) in [6.07, 6.45) is 0.524. The Morgan fingerprint density at radius 1 is 1.50 bits per heavy atom. The van der Waals surface area contributed by atoms with E-state index in [1.165, 1.54) is 0 Å². The molecule has 2 aromatic heterocycles. The Bertz CT molecular complexity index is 837. The van der Waals surface area contributed by atoms with Crippen molar-refractivity contribution < 1.29 is 9.90 Å². The predicted octanol–water partition coefficient (Wildman–Crippen LogP) is 3.26. The first-order valence-corrected chi connectivity index (χ1v) is 7.19.